The number of carbonyl (C=O) groups is 1. The van der Waals surface area contributed by atoms with Crippen LogP contribution in [-0.2, 0) is 20.5 Å². The van der Waals surface area contributed by atoms with Gasteiger partial charge in [0.1, 0.15) is 17.0 Å². The zero-order chi connectivity index (χ0) is 16.7. The van der Waals surface area contributed by atoms with Crippen LogP contribution in [0.1, 0.15) is 36.5 Å². The van der Waals surface area contributed by atoms with Crippen molar-refractivity contribution in [1.82, 2.24) is 4.72 Å². The fourth-order valence-electron chi connectivity index (χ4n) is 2.40. The molecule has 4 nitrogen and oxygen atoms in total. The van der Waals surface area contributed by atoms with Gasteiger partial charge in [-0.1, -0.05) is 23.8 Å². The molecule has 0 aliphatic carbocycles. The first-order chi connectivity index (χ1) is 10.4. The number of carbonyl (C=O) groups excluding carboxylic acids is 1. The Balaban J connectivity index is 2.95. The maximum absolute atomic E-state index is 12.6. The summed E-state index contributed by atoms with van der Waals surface area (Å²) in [5.74, 6) is -0.375. The first-order valence-electron chi connectivity index (χ1n) is 7.44. The molecule has 0 aliphatic heterocycles. The fourth-order valence-corrected chi connectivity index (χ4v) is 3.69. The minimum absolute atomic E-state index is 0.306. The second-order valence-electron chi connectivity index (χ2n) is 5.29. The van der Waals surface area contributed by atoms with Crippen LogP contribution in [0.4, 0.5) is 0 Å². The number of hydrogen-bond acceptors (Lipinski definition) is 3. The summed E-state index contributed by atoms with van der Waals surface area (Å²) in [6.07, 6.45) is 2.90. The lowest BCUT2D eigenvalue weighted by Gasteiger charge is -2.18. The number of allylic oxidation sites excluding steroid dienone is 1. The molecule has 1 aromatic carbocycles. The zero-order valence-electron chi connectivity index (χ0n) is 13.8. The first-order valence-corrected chi connectivity index (χ1v) is 8.59. The molecular weight excluding hydrogens is 298 g/mol. The predicted molar refractivity (Wildman–Crippen MR) is 90.0 cm³/mol. The maximum atomic E-state index is 12.6. The van der Waals surface area contributed by atoms with Crippen LogP contribution in [0.3, 0.4) is 0 Å². The van der Waals surface area contributed by atoms with Gasteiger partial charge in [0.15, 0.2) is 0 Å². The van der Waals surface area contributed by atoms with E-state index in [1.807, 2.05) is 32.9 Å². The molecule has 5 heteroatoms. The number of rotatable bonds is 8. The van der Waals surface area contributed by atoms with Crippen molar-refractivity contribution in [3.63, 3.8) is 0 Å². The summed E-state index contributed by atoms with van der Waals surface area (Å²) in [5, 5.41) is 0. The van der Waals surface area contributed by atoms with Crippen LogP contribution in [0.2, 0.25) is 0 Å². The van der Waals surface area contributed by atoms with Crippen molar-refractivity contribution >= 4 is 17.0 Å². The minimum atomic E-state index is -1.46. The number of aryl methyl sites for hydroxylation is 3. The largest absolute Gasteiger partial charge is 0.465 e. The summed E-state index contributed by atoms with van der Waals surface area (Å²) in [5.41, 5.74) is 3.04. The number of nitrogens with one attached hydrogen (secondary N) is 1. The summed E-state index contributed by atoms with van der Waals surface area (Å²) < 4.78 is 20.6. The van der Waals surface area contributed by atoms with Crippen molar-refractivity contribution in [1.29, 1.82) is 0 Å². The SMILES string of the molecule is C=CCC[C@H](N[S@@](=O)c1c(C)cc(C)cc1C)C(=O)OCC. The van der Waals surface area contributed by atoms with Crippen LogP contribution in [-0.4, -0.2) is 22.8 Å². The van der Waals surface area contributed by atoms with Gasteiger partial charge in [-0.15, -0.1) is 6.58 Å². The fraction of sp³-hybridized carbons (Fsp3) is 0.471. The van der Waals surface area contributed by atoms with Crippen LogP contribution in [0, 0.1) is 20.8 Å². The molecule has 0 spiro atoms. The van der Waals surface area contributed by atoms with Gasteiger partial charge in [0.2, 0.25) is 0 Å². The molecule has 122 valence electrons. The summed E-state index contributed by atoms with van der Waals surface area (Å²) >= 11 is 0. The van der Waals surface area contributed by atoms with Gasteiger partial charge >= 0.3 is 5.97 Å². The van der Waals surface area contributed by atoms with E-state index in [0.29, 0.717) is 19.4 Å². The molecule has 0 saturated carbocycles. The lowest BCUT2D eigenvalue weighted by molar-refractivity contribution is -0.145. The molecule has 1 rings (SSSR count). The Morgan fingerprint density at radius 3 is 2.45 bits per heavy atom. The van der Waals surface area contributed by atoms with Crippen LogP contribution in [0.25, 0.3) is 0 Å². The third-order valence-corrected chi connectivity index (χ3v) is 4.78. The average Bonchev–Trinajstić information content (AvgIpc) is 2.42. The molecule has 0 heterocycles. The van der Waals surface area contributed by atoms with Crippen LogP contribution in [0.5, 0.6) is 0 Å². The lowest BCUT2D eigenvalue weighted by Crippen LogP contribution is -2.39. The van der Waals surface area contributed by atoms with Crippen LogP contribution < -0.4 is 4.72 Å². The van der Waals surface area contributed by atoms with E-state index in [1.165, 1.54) is 0 Å². The summed E-state index contributed by atoms with van der Waals surface area (Å²) in [4.78, 5) is 12.7. The molecule has 22 heavy (non-hydrogen) atoms. The monoisotopic (exact) mass is 323 g/mol. The Bertz CT molecular complexity index is 546. The zero-order valence-corrected chi connectivity index (χ0v) is 14.6. The Kier molecular flexibility index (Phi) is 7.48. The van der Waals surface area contributed by atoms with E-state index in [2.05, 4.69) is 11.3 Å². The number of esters is 1. The van der Waals surface area contributed by atoms with Crippen molar-refractivity contribution in [3.05, 3.63) is 41.5 Å². The quantitative estimate of drug-likeness (QED) is 0.591. The Hall–Kier alpha value is -1.46. The van der Waals surface area contributed by atoms with E-state index < -0.39 is 17.0 Å². The molecule has 0 radical (unpaired) electrons. The molecule has 1 aromatic rings. The molecule has 0 bridgehead atoms. The van der Waals surface area contributed by atoms with Gasteiger partial charge < -0.3 is 4.74 Å². The molecule has 0 fully saturated rings. The van der Waals surface area contributed by atoms with Crippen molar-refractivity contribution in [3.8, 4) is 0 Å². The van der Waals surface area contributed by atoms with Crippen molar-refractivity contribution in [2.24, 2.45) is 0 Å². The van der Waals surface area contributed by atoms with Gasteiger partial charge in [0.25, 0.3) is 0 Å². The lowest BCUT2D eigenvalue weighted by atomic mass is 10.1. The molecule has 1 N–H and O–H groups in total. The molecular formula is C17H25NO3S. The van der Waals surface area contributed by atoms with E-state index in [0.717, 1.165) is 21.6 Å². The third kappa shape index (κ3) is 5.07. The van der Waals surface area contributed by atoms with Crippen LogP contribution >= 0.6 is 0 Å². The highest BCUT2D eigenvalue weighted by Gasteiger charge is 2.23. The minimum Gasteiger partial charge on any atom is -0.465 e. The third-order valence-electron chi connectivity index (χ3n) is 3.27. The number of benzene rings is 1. The van der Waals surface area contributed by atoms with Gasteiger partial charge in [-0.3, -0.25) is 4.79 Å². The van der Waals surface area contributed by atoms with Crippen molar-refractivity contribution in [2.75, 3.05) is 6.61 Å². The maximum Gasteiger partial charge on any atom is 0.324 e. The predicted octanol–water partition coefficient (Wildman–Crippen LogP) is 3.12. The number of ether oxygens (including phenoxy) is 1. The molecule has 0 unspecified atom stereocenters. The van der Waals surface area contributed by atoms with Gasteiger partial charge in [-0.2, -0.15) is 0 Å². The first kappa shape index (κ1) is 18.6. The molecule has 2 atom stereocenters. The van der Waals surface area contributed by atoms with E-state index in [1.54, 1.807) is 13.0 Å². The smallest absolute Gasteiger partial charge is 0.324 e. The highest BCUT2D eigenvalue weighted by atomic mass is 32.2. The Morgan fingerprint density at radius 2 is 1.95 bits per heavy atom. The average molecular weight is 323 g/mol. The van der Waals surface area contributed by atoms with Gasteiger partial charge in [0, 0.05) is 0 Å². The number of hydrogen-bond donors (Lipinski definition) is 1. The summed E-state index contributed by atoms with van der Waals surface area (Å²) in [6.45, 7) is 11.6. The molecule has 0 aliphatic rings. The molecule has 0 aromatic heterocycles. The second kappa shape index (κ2) is 8.86. The van der Waals surface area contributed by atoms with Gasteiger partial charge in [0.05, 0.1) is 11.5 Å². The van der Waals surface area contributed by atoms with Gasteiger partial charge in [-0.25, -0.2) is 8.93 Å². The highest BCUT2D eigenvalue weighted by molar-refractivity contribution is 7.83. The van der Waals surface area contributed by atoms with Crippen molar-refractivity contribution < 1.29 is 13.7 Å². The molecule has 0 amide bonds. The highest BCUT2D eigenvalue weighted by Crippen LogP contribution is 2.20. The van der Waals surface area contributed by atoms with Crippen molar-refractivity contribution in [2.45, 2.75) is 51.5 Å². The standard InChI is InChI=1S/C17H25NO3S/c1-6-8-9-15(17(19)21-7-2)18-22(20)16-13(4)10-12(3)11-14(16)5/h6,10-11,15,18H,1,7-9H2,2-5H3/t15-,22-/m0/s1. The normalized spacial score (nSPS) is 13.5. The summed E-state index contributed by atoms with van der Waals surface area (Å²) in [6, 6.07) is 3.38. The summed E-state index contributed by atoms with van der Waals surface area (Å²) in [7, 11) is -1.46. The second-order valence-corrected chi connectivity index (χ2v) is 6.47. The Labute approximate surface area is 135 Å². The van der Waals surface area contributed by atoms with Gasteiger partial charge in [-0.05, 0) is 51.7 Å². The van der Waals surface area contributed by atoms with E-state index in [4.69, 9.17) is 4.74 Å². The topological polar surface area (TPSA) is 55.4 Å². The molecule has 0 saturated heterocycles. The Morgan fingerprint density at radius 1 is 1.36 bits per heavy atom. The van der Waals surface area contributed by atoms with E-state index in [-0.39, 0.29) is 5.97 Å². The van der Waals surface area contributed by atoms with E-state index in [9.17, 15) is 9.00 Å². The van der Waals surface area contributed by atoms with E-state index >= 15 is 0 Å². The van der Waals surface area contributed by atoms with Crippen LogP contribution in [0.15, 0.2) is 29.7 Å².